The van der Waals surface area contributed by atoms with Crippen molar-refractivity contribution in [1.29, 1.82) is 0 Å². The Labute approximate surface area is 150 Å². The van der Waals surface area contributed by atoms with Crippen molar-refractivity contribution in [2.24, 2.45) is 0 Å². The normalized spacial score (nSPS) is 11.0. The Morgan fingerprint density at radius 1 is 1.16 bits per heavy atom. The molecular formula is C19H16ClN3O2. The first-order valence-electron chi connectivity index (χ1n) is 7.68. The number of likely N-dealkylation sites (N-methyl/N-ethyl adjacent to an activating group) is 1. The molecule has 1 heterocycles. The first kappa shape index (κ1) is 16.9. The van der Waals surface area contributed by atoms with E-state index < -0.39 is 0 Å². The van der Waals surface area contributed by atoms with E-state index in [9.17, 15) is 4.79 Å². The summed E-state index contributed by atoms with van der Waals surface area (Å²) in [6.45, 7) is 0.235. The van der Waals surface area contributed by atoms with Gasteiger partial charge in [0, 0.05) is 23.7 Å². The van der Waals surface area contributed by atoms with Gasteiger partial charge in [-0.05, 0) is 35.9 Å². The second-order valence-corrected chi connectivity index (χ2v) is 5.89. The molecule has 1 amide bonds. The summed E-state index contributed by atoms with van der Waals surface area (Å²) in [7, 11) is 1.68. The maximum absolute atomic E-state index is 12.2. The van der Waals surface area contributed by atoms with Crippen LogP contribution in [-0.2, 0) is 11.3 Å². The van der Waals surface area contributed by atoms with Gasteiger partial charge in [-0.25, -0.2) is 0 Å². The molecule has 3 rings (SSSR count). The molecule has 0 bridgehead atoms. The molecular weight excluding hydrogens is 338 g/mol. The molecule has 0 unspecified atom stereocenters. The van der Waals surface area contributed by atoms with Crippen LogP contribution in [0.25, 0.3) is 17.5 Å². The number of hydrogen-bond donors (Lipinski definition) is 0. The minimum absolute atomic E-state index is 0.143. The summed E-state index contributed by atoms with van der Waals surface area (Å²) < 4.78 is 5.22. The molecule has 0 atom stereocenters. The van der Waals surface area contributed by atoms with Gasteiger partial charge in [0.05, 0.1) is 6.54 Å². The summed E-state index contributed by atoms with van der Waals surface area (Å²) in [5.41, 5.74) is 1.77. The van der Waals surface area contributed by atoms with Gasteiger partial charge in [0.15, 0.2) is 0 Å². The van der Waals surface area contributed by atoms with Gasteiger partial charge in [0.1, 0.15) is 0 Å². The van der Waals surface area contributed by atoms with Crippen LogP contribution >= 0.6 is 11.6 Å². The summed E-state index contributed by atoms with van der Waals surface area (Å²) in [4.78, 5) is 18.0. The van der Waals surface area contributed by atoms with Crippen LogP contribution in [0.2, 0.25) is 5.02 Å². The van der Waals surface area contributed by atoms with Crippen molar-refractivity contribution < 1.29 is 9.32 Å². The van der Waals surface area contributed by atoms with E-state index in [-0.39, 0.29) is 12.5 Å². The zero-order chi connectivity index (χ0) is 17.6. The topological polar surface area (TPSA) is 59.2 Å². The predicted octanol–water partition coefficient (Wildman–Crippen LogP) is 4.06. The van der Waals surface area contributed by atoms with Gasteiger partial charge in [-0.1, -0.05) is 47.1 Å². The Kier molecular flexibility index (Phi) is 5.26. The zero-order valence-electron chi connectivity index (χ0n) is 13.6. The fourth-order valence-corrected chi connectivity index (χ4v) is 2.30. The van der Waals surface area contributed by atoms with Crippen molar-refractivity contribution in [1.82, 2.24) is 15.0 Å². The Morgan fingerprint density at radius 3 is 2.60 bits per heavy atom. The van der Waals surface area contributed by atoms with Crippen LogP contribution in [0.1, 0.15) is 11.5 Å². The molecule has 0 N–H and O–H groups in total. The monoisotopic (exact) mass is 353 g/mol. The molecule has 6 heteroatoms. The van der Waals surface area contributed by atoms with Crippen LogP contribution in [0, 0.1) is 0 Å². The first-order valence-corrected chi connectivity index (χ1v) is 8.06. The smallest absolute Gasteiger partial charge is 0.246 e. The maximum atomic E-state index is 12.2. The third-order valence-electron chi connectivity index (χ3n) is 3.54. The molecule has 0 spiro atoms. The van der Waals surface area contributed by atoms with Crippen molar-refractivity contribution in [3.8, 4) is 11.4 Å². The largest absolute Gasteiger partial charge is 0.337 e. The minimum atomic E-state index is -0.143. The average Bonchev–Trinajstić information content (AvgIpc) is 3.09. The van der Waals surface area contributed by atoms with E-state index in [4.69, 9.17) is 16.1 Å². The predicted molar refractivity (Wildman–Crippen MR) is 96.7 cm³/mol. The SMILES string of the molecule is CN(Cc1nc(-c2ccc(Cl)cc2)no1)C(=O)/C=C/c1ccccc1. The molecule has 3 aromatic rings. The molecule has 25 heavy (non-hydrogen) atoms. The summed E-state index contributed by atoms with van der Waals surface area (Å²) in [5, 5.41) is 4.58. The van der Waals surface area contributed by atoms with Crippen LogP contribution < -0.4 is 0 Å². The average molecular weight is 354 g/mol. The Balaban J connectivity index is 1.63. The maximum Gasteiger partial charge on any atom is 0.246 e. The fraction of sp³-hybridized carbons (Fsp3) is 0.105. The highest BCUT2D eigenvalue weighted by atomic mass is 35.5. The number of rotatable bonds is 5. The van der Waals surface area contributed by atoms with Crippen molar-refractivity contribution >= 4 is 23.6 Å². The van der Waals surface area contributed by atoms with E-state index in [2.05, 4.69) is 10.1 Å². The highest BCUT2D eigenvalue weighted by Crippen LogP contribution is 2.19. The van der Waals surface area contributed by atoms with E-state index in [1.165, 1.54) is 11.0 Å². The lowest BCUT2D eigenvalue weighted by Gasteiger charge is -2.11. The highest BCUT2D eigenvalue weighted by molar-refractivity contribution is 6.30. The molecule has 0 aliphatic carbocycles. The lowest BCUT2D eigenvalue weighted by atomic mass is 10.2. The highest BCUT2D eigenvalue weighted by Gasteiger charge is 2.13. The van der Waals surface area contributed by atoms with Crippen molar-refractivity contribution in [2.45, 2.75) is 6.54 Å². The number of benzene rings is 2. The van der Waals surface area contributed by atoms with E-state index in [0.717, 1.165) is 11.1 Å². The number of hydrogen-bond acceptors (Lipinski definition) is 4. The molecule has 2 aromatic carbocycles. The molecule has 0 radical (unpaired) electrons. The third-order valence-corrected chi connectivity index (χ3v) is 3.79. The fourth-order valence-electron chi connectivity index (χ4n) is 2.18. The van der Waals surface area contributed by atoms with Crippen LogP contribution in [0.15, 0.2) is 65.2 Å². The standard InChI is InChI=1S/C19H16ClN3O2/c1-23(18(24)12-7-14-5-3-2-4-6-14)13-17-21-19(22-25-17)15-8-10-16(20)11-9-15/h2-12H,13H2,1H3/b12-7+. The summed E-state index contributed by atoms with van der Waals surface area (Å²) >= 11 is 5.87. The molecule has 0 saturated carbocycles. The number of halogens is 1. The summed E-state index contributed by atoms with van der Waals surface area (Å²) in [5.74, 6) is 0.691. The second-order valence-electron chi connectivity index (χ2n) is 5.46. The van der Waals surface area contributed by atoms with Gasteiger partial charge in [0.25, 0.3) is 0 Å². The number of aromatic nitrogens is 2. The van der Waals surface area contributed by atoms with Gasteiger partial charge in [0.2, 0.25) is 17.6 Å². The molecule has 126 valence electrons. The summed E-state index contributed by atoms with van der Waals surface area (Å²) in [6.07, 6.45) is 3.29. The lowest BCUT2D eigenvalue weighted by molar-refractivity contribution is -0.125. The van der Waals surface area contributed by atoms with E-state index in [1.54, 1.807) is 25.3 Å². The number of carbonyl (C=O) groups is 1. The van der Waals surface area contributed by atoms with Crippen LogP contribution in [-0.4, -0.2) is 28.0 Å². The zero-order valence-corrected chi connectivity index (χ0v) is 14.3. The van der Waals surface area contributed by atoms with E-state index in [0.29, 0.717) is 16.7 Å². The van der Waals surface area contributed by atoms with Crippen molar-refractivity contribution in [2.75, 3.05) is 7.05 Å². The molecule has 0 saturated heterocycles. The van der Waals surface area contributed by atoms with Gasteiger partial charge < -0.3 is 9.42 Å². The van der Waals surface area contributed by atoms with Crippen LogP contribution in [0.5, 0.6) is 0 Å². The lowest BCUT2D eigenvalue weighted by Crippen LogP contribution is -2.24. The second kappa shape index (κ2) is 7.77. The number of carbonyl (C=O) groups excluding carboxylic acids is 1. The van der Waals surface area contributed by atoms with Crippen LogP contribution in [0.4, 0.5) is 0 Å². The van der Waals surface area contributed by atoms with Crippen molar-refractivity contribution in [3.63, 3.8) is 0 Å². The van der Waals surface area contributed by atoms with E-state index >= 15 is 0 Å². The van der Waals surface area contributed by atoms with Gasteiger partial charge >= 0.3 is 0 Å². The minimum Gasteiger partial charge on any atom is -0.337 e. The third kappa shape index (κ3) is 4.55. The van der Waals surface area contributed by atoms with Gasteiger partial charge in [-0.3, -0.25) is 4.79 Å². The first-order chi connectivity index (χ1) is 12.1. The molecule has 0 fully saturated rings. The molecule has 0 aliphatic heterocycles. The van der Waals surface area contributed by atoms with E-state index in [1.807, 2.05) is 42.5 Å². The number of nitrogens with zero attached hydrogens (tertiary/aromatic N) is 3. The Hall–Kier alpha value is -2.92. The number of amides is 1. The Bertz CT molecular complexity index is 873. The molecule has 5 nitrogen and oxygen atoms in total. The molecule has 1 aromatic heterocycles. The Morgan fingerprint density at radius 2 is 1.88 bits per heavy atom. The summed E-state index contributed by atoms with van der Waals surface area (Å²) in [6, 6.07) is 16.8. The van der Waals surface area contributed by atoms with Crippen molar-refractivity contribution in [3.05, 3.63) is 77.2 Å². The van der Waals surface area contributed by atoms with Gasteiger partial charge in [-0.2, -0.15) is 4.98 Å². The van der Waals surface area contributed by atoms with Gasteiger partial charge in [-0.15, -0.1) is 0 Å². The van der Waals surface area contributed by atoms with Crippen LogP contribution in [0.3, 0.4) is 0 Å². The quantitative estimate of drug-likeness (QED) is 0.649. The molecule has 0 aliphatic rings.